The van der Waals surface area contributed by atoms with Crippen LogP contribution in [0.5, 0.6) is 0 Å². The lowest BCUT2D eigenvalue weighted by Gasteiger charge is -2.25. The van der Waals surface area contributed by atoms with E-state index in [2.05, 4.69) is 28.9 Å². The van der Waals surface area contributed by atoms with Gasteiger partial charge in [0, 0.05) is 16.3 Å². The van der Waals surface area contributed by atoms with Gasteiger partial charge in [-0.25, -0.2) is 0 Å². The van der Waals surface area contributed by atoms with Crippen LogP contribution >= 0.6 is 11.3 Å². The molecule has 1 aliphatic rings. The fourth-order valence-electron chi connectivity index (χ4n) is 2.57. The molecule has 0 saturated heterocycles. The molecule has 1 unspecified atom stereocenters. The number of fused-ring (bicyclic) bond motifs is 1. The first-order chi connectivity index (χ1) is 8.74. The van der Waals surface area contributed by atoms with Gasteiger partial charge in [0.2, 0.25) is 0 Å². The average molecular weight is 258 g/mol. The largest absolute Gasteiger partial charge is 0.398 e. The fraction of sp³-hybridized carbons (Fsp3) is 0.333. The van der Waals surface area contributed by atoms with E-state index < -0.39 is 0 Å². The van der Waals surface area contributed by atoms with Gasteiger partial charge in [0.05, 0.1) is 6.04 Å². The fourth-order valence-corrected chi connectivity index (χ4v) is 3.56. The lowest BCUT2D eigenvalue weighted by Crippen LogP contribution is -2.15. The maximum atomic E-state index is 5.96. The molecular weight excluding hydrogens is 240 g/mol. The molecule has 1 heterocycles. The van der Waals surface area contributed by atoms with E-state index in [1.807, 2.05) is 24.3 Å². The number of rotatable bonds is 2. The smallest absolute Gasteiger partial charge is 0.0524 e. The minimum Gasteiger partial charge on any atom is -0.398 e. The zero-order valence-corrected chi connectivity index (χ0v) is 11.4. The van der Waals surface area contributed by atoms with Gasteiger partial charge < -0.3 is 11.1 Å². The Labute approximate surface area is 112 Å². The highest BCUT2D eigenvalue weighted by Crippen LogP contribution is 2.35. The topological polar surface area (TPSA) is 38.0 Å². The van der Waals surface area contributed by atoms with Crippen LogP contribution in [-0.4, -0.2) is 0 Å². The molecule has 1 aliphatic carbocycles. The minimum absolute atomic E-state index is 0.446. The molecule has 1 aromatic carbocycles. The third-order valence-electron chi connectivity index (χ3n) is 3.67. The zero-order valence-electron chi connectivity index (χ0n) is 10.6. The molecule has 0 radical (unpaired) electrons. The average Bonchev–Trinajstić information content (AvgIpc) is 2.83. The van der Waals surface area contributed by atoms with Crippen LogP contribution in [0.4, 0.5) is 11.4 Å². The van der Waals surface area contributed by atoms with Crippen molar-refractivity contribution in [2.75, 3.05) is 11.1 Å². The molecule has 0 bridgehead atoms. The molecule has 2 nitrogen and oxygen atoms in total. The predicted molar refractivity (Wildman–Crippen MR) is 79.2 cm³/mol. The summed E-state index contributed by atoms with van der Waals surface area (Å²) < 4.78 is 0. The second kappa shape index (κ2) is 4.65. The Morgan fingerprint density at radius 2 is 2.22 bits per heavy atom. The van der Waals surface area contributed by atoms with Crippen molar-refractivity contribution in [1.82, 2.24) is 0 Å². The van der Waals surface area contributed by atoms with Crippen molar-refractivity contribution in [2.45, 2.75) is 32.2 Å². The van der Waals surface area contributed by atoms with Gasteiger partial charge in [0.15, 0.2) is 0 Å². The number of anilines is 2. The highest BCUT2D eigenvalue weighted by atomic mass is 32.1. The number of nitrogen functional groups attached to an aromatic ring is 1. The van der Waals surface area contributed by atoms with Crippen LogP contribution < -0.4 is 11.1 Å². The first kappa shape index (κ1) is 11.6. The van der Waals surface area contributed by atoms with Crippen molar-refractivity contribution in [3.63, 3.8) is 0 Å². The van der Waals surface area contributed by atoms with Crippen LogP contribution in [0, 0.1) is 6.92 Å². The lowest BCUT2D eigenvalue weighted by atomic mass is 9.94. The van der Waals surface area contributed by atoms with Crippen LogP contribution in [0.2, 0.25) is 0 Å². The molecule has 3 heteroatoms. The van der Waals surface area contributed by atoms with E-state index in [0.717, 1.165) is 16.9 Å². The first-order valence-corrected chi connectivity index (χ1v) is 7.31. The number of benzene rings is 1. The summed E-state index contributed by atoms with van der Waals surface area (Å²) in [5.41, 5.74) is 10.6. The summed E-state index contributed by atoms with van der Waals surface area (Å²) in [4.78, 5) is 1.54. The second-order valence-corrected chi connectivity index (χ2v) is 5.96. The Kier molecular flexibility index (Phi) is 3.00. The number of hydrogen-bond donors (Lipinski definition) is 2. The Hall–Kier alpha value is -1.48. The van der Waals surface area contributed by atoms with E-state index in [9.17, 15) is 0 Å². The standard InChI is InChI=1S/C15H18N2S/c1-10-5-6-11(9-13(10)16)17-14-3-2-4-15-12(14)7-8-18-15/h5-9,14,17H,2-4,16H2,1H3. The molecule has 3 N–H and O–H groups in total. The second-order valence-electron chi connectivity index (χ2n) is 4.96. The maximum Gasteiger partial charge on any atom is 0.0524 e. The van der Waals surface area contributed by atoms with Gasteiger partial charge in [0.25, 0.3) is 0 Å². The van der Waals surface area contributed by atoms with Gasteiger partial charge in [-0.05, 0) is 60.9 Å². The van der Waals surface area contributed by atoms with E-state index in [1.54, 1.807) is 4.88 Å². The van der Waals surface area contributed by atoms with Crippen molar-refractivity contribution >= 4 is 22.7 Å². The summed E-state index contributed by atoms with van der Waals surface area (Å²) in [6.45, 7) is 2.04. The van der Waals surface area contributed by atoms with Crippen LogP contribution in [0.25, 0.3) is 0 Å². The van der Waals surface area contributed by atoms with Crippen LogP contribution in [0.15, 0.2) is 29.6 Å². The molecule has 2 aromatic rings. The number of hydrogen-bond acceptors (Lipinski definition) is 3. The summed E-state index contributed by atoms with van der Waals surface area (Å²) in [5.74, 6) is 0. The van der Waals surface area contributed by atoms with Crippen molar-refractivity contribution in [3.05, 3.63) is 45.6 Å². The van der Waals surface area contributed by atoms with Crippen molar-refractivity contribution < 1.29 is 0 Å². The highest BCUT2D eigenvalue weighted by Gasteiger charge is 2.20. The molecule has 0 fully saturated rings. The molecule has 0 aliphatic heterocycles. The van der Waals surface area contributed by atoms with Gasteiger partial charge >= 0.3 is 0 Å². The predicted octanol–water partition coefficient (Wildman–Crippen LogP) is 4.13. The molecule has 0 spiro atoms. The first-order valence-electron chi connectivity index (χ1n) is 6.43. The molecule has 1 atom stereocenters. The minimum atomic E-state index is 0.446. The quantitative estimate of drug-likeness (QED) is 0.795. The van der Waals surface area contributed by atoms with Crippen molar-refractivity contribution in [3.8, 4) is 0 Å². The summed E-state index contributed by atoms with van der Waals surface area (Å²) in [6.07, 6.45) is 3.71. The van der Waals surface area contributed by atoms with E-state index in [0.29, 0.717) is 6.04 Å². The maximum absolute atomic E-state index is 5.96. The molecule has 0 saturated carbocycles. The number of aryl methyl sites for hydroxylation is 2. The summed E-state index contributed by atoms with van der Waals surface area (Å²) in [5, 5.41) is 5.82. The highest BCUT2D eigenvalue weighted by molar-refractivity contribution is 7.10. The Morgan fingerprint density at radius 1 is 1.33 bits per heavy atom. The molecular formula is C15H18N2S. The third kappa shape index (κ3) is 2.10. The number of thiophene rings is 1. The van der Waals surface area contributed by atoms with Crippen LogP contribution in [-0.2, 0) is 6.42 Å². The van der Waals surface area contributed by atoms with Crippen molar-refractivity contribution in [2.24, 2.45) is 0 Å². The number of nitrogens with one attached hydrogen (secondary N) is 1. The normalized spacial score (nSPS) is 18.4. The van der Waals surface area contributed by atoms with E-state index in [4.69, 9.17) is 5.73 Å². The van der Waals surface area contributed by atoms with Gasteiger partial charge in [-0.15, -0.1) is 11.3 Å². The van der Waals surface area contributed by atoms with E-state index in [-0.39, 0.29) is 0 Å². The number of nitrogens with two attached hydrogens (primary N) is 1. The monoisotopic (exact) mass is 258 g/mol. The van der Waals surface area contributed by atoms with Gasteiger partial charge in [0.1, 0.15) is 0 Å². The van der Waals surface area contributed by atoms with Crippen LogP contribution in [0.1, 0.15) is 34.9 Å². The van der Waals surface area contributed by atoms with Gasteiger partial charge in [-0.3, -0.25) is 0 Å². The summed E-state index contributed by atoms with van der Waals surface area (Å²) in [7, 11) is 0. The summed E-state index contributed by atoms with van der Waals surface area (Å²) >= 11 is 1.88. The molecule has 0 amide bonds. The Balaban J connectivity index is 1.84. The van der Waals surface area contributed by atoms with Gasteiger partial charge in [-0.1, -0.05) is 6.07 Å². The SMILES string of the molecule is Cc1ccc(NC2CCCc3sccc32)cc1N. The molecule has 94 valence electrons. The van der Waals surface area contributed by atoms with E-state index in [1.165, 1.54) is 24.8 Å². The Morgan fingerprint density at radius 3 is 3.06 bits per heavy atom. The Bertz CT molecular complexity index is 559. The third-order valence-corrected chi connectivity index (χ3v) is 4.67. The molecule has 1 aromatic heterocycles. The lowest BCUT2D eigenvalue weighted by molar-refractivity contribution is 0.609. The van der Waals surface area contributed by atoms with E-state index >= 15 is 0 Å². The van der Waals surface area contributed by atoms with Crippen LogP contribution in [0.3, 0.4) is 0 Å². The van der Waals surface area contributed by atoms with Gasteiger partial charge in [-0.2, -0.15) is 0 Å². The zero-order chi connectivity index (χ0) is 12.5. The molecule has 3 rings (SSSR count). The van der Waals surface area contributed by atoms with Crippen molar-refractivity contribution in [1.29, 1.82) is 0 Å². The summed E-state index contributed by atoms with van der Waals surface area (Å²) in [6, 6.07) is 8.94. The molecule has 18 heavy (non-hydrogen) atoms.